The first-order chi connectivity index (χ1) is 13.3. The number of anilines is 1. The van der Waals surface area contributed by atoms with Crippen molar-refractivity contribution in [1.82, 2.24) is 14.5 Å². The molecule has 5 rings (SSSR count). The predicted molar refractivity (Wildman–Crippen MR) is 106 cm³/mol. The molecule has 1 aliphatic rings. The molecule has 0 saturated carbocycles. The lowest BCUT2D eigenvalue weighted by atomic mass is 10.1. The van der Waals surface area contributed by atoms with Gasteiger partial charge in [0.2, 0.25) is 5.95 Å². The molecule has 2 aromatic heterocycles. The highest BCUT2D eigenvalue weighted by Gasteiger charge is 2.24. The number of aromatic nitrogens is 3. The van der Waals surface area contributed by atoms with E-state index in [1.54, 1.807) is 16.8 Å². The van der Waals surface area contributed by atoms with E-state index in [1.807, 2.05) is 53.9 Å². The fourth-order valence-electron chi connectivity index (χ4n) is 3.14. The number of nitrogens with two attached hydrogens (primary N) is 1. The number of para-hydroxylation sites is 2. The molecule has 1 atom stereocenters. The topological polar surface area (TPSA) is 90.4 Å². The van der Waals surface area contributed by atoms with Gasteiger partial charge >= 0.3 is 0 Å². The normalized spacial score (nSPS) is 15.9. The van der Waals surface area contributed by atoms with Crippen LogP contribution in [0.5, 0.6) is 5.75 Å². The maximum Gasteiger partial charge on any atom is 0.212 e. The summed E-state index contributed by atoms with van der Waals surface area (Å²) in [5.41, 5.74) is 11.6. The molecule has 3 heterocycles. The average Bonchev–Trinajstić information content (AvgIpc) is 3.33. The summed E-state index contributed by atoms with van der Waals surface area (Å²) in [6.07, 6.45) is -0.277. The van der Waals surface area contributed by atoms with Crippen molar-refractivity contribution in [3.05, 3.63) is 70.7 Å². The lowest BCUT2D eigenvalue weighted by Gasteiger charge is -2.24. The van der Waals surface area contributed by atoms with Gasteiger partial charge in [0.25, 0.3) is 0 Å². The van der Waals surface area contributed by atoms with Crippen molar-refractivity contribution < 1.29 is 4.74 Å². The van der Waals surface area contributed by atoms with E-state index in [9.17, 15) is 0 Å². The Morgan fingerprint density at radius 1 is 1.15 bits per heavy atom. The Kier molecular flexibility index (Phi) is 3.75. The van der Waals surface area contributed by atoms with Crippen LogP contribution in [-0.4, -0.2) is 20.5 Å². The number of nitrogens with zero attached hydrogens (tertiary/aromatic N) is 4. The van der Waals surface area contributed by atoms with Crippen molar-refractivity contribution in [1.29, 1.82) is 0 Å². The molecular weight excluding hydrogens is 360 g/mol. The number of ether oxygens (including phenoxy) is 1. The van der Waals surface area contributed by atoms with E-state index >= 15 is 0 Å². The highest BCUT2D eigenvalue weighted by atomic mass is 32.1. The largest absolute Gasteiger partial charge is 0.487 e. The van der Waals surface area contributed by atoms with E-state index in [0.717, 1.165) is 28.0 Å². The van der Waals surface area contributed by atoms with Crippen molar-refractivity contribution >= 4 is 34.3 Å². The number of thiazole rings is 1. The first kappa shape index (κ1) is 15.8. The quantitative estimate of drug-likeness (QED) is 0.570. The summed E-state index contributed by atoms with van der Waals surface area (Å²) in [6.45, 7) is 0.456. The number of imidazole rings is 1. The fraction of sp³-hybridized carbons (Fsp3) is 0.105. The fourth-order valence-corrected chi connectivity index (χ4v) is 3.69. The van der Waals surface area contributed by atoms with E-state index in [0.29, 0.717) is 18.5 Å². The van der Waals surface area contributed by atoms with Crippen LogP contribution in [-0.2, 0) is 6.61 Å². The molecule has 0 unspecified atom stereocenters. The van der Waals surface area contributed by atoms with Crippen LogP contribution < -0.4 is 15.8 Å². The van der Waals surface area contributed by atoms with Crippen LogP contribution in [0, 0.1) is 0 Å². The smallest absolute Gasteiger partial charge is 0.212 e. The summed E-state index contributed by atoms with van der Waals surface area (Å²) in [6, 6.07) is 15.8. The lowest BCUT2D eigenvalue weighted by molar-refractivity contribution is 0.302. The van der Waals surface area contributed by atoms with Gasteiger partial charge in [-0.25, -0.2) is 15.0 Å². The Morgan fingerprint density at radius 2 is 2.00 bits per heavy atom. The van der Waals surface area contributed by atoms with E-state index in [1.165, 1.54) is 0 Å². The molecule has 0 amide bonds. The van der Waals surface area contributed by atoms with Gasteiger partial charge in [0, 0.05) is 5.38 Å². The molecule has 8 heteroatoms. The van der Waals surface area contributed by atoms with Gasteiger partial charge in [-0.2, -0.15) is 0 Å². The Labute approximate surface area is 159 Å². The molecule has 2 aromatic carbocycles. The van der Waals surface area contributed by atoms with Gasteiger partial charge in [0.05, 0.1) is 22.2 Å². The zero-order chi connectivity index (χ0) is 18.2. The van der Waals surface area contributed by atoms with Crippen molar-refractivity contribution in [2.45, 2.75) is 12.8 Å². The minimum absolute atomic E-state index is 0.277. The molecule has 0 saturated heterocycles. The average molecular weight is 376 g/mol. The van der Waals surface area contributed by atoms with Crippen molar-refractivity contribution in [3.63, 3.8) is 0 Å². The molecule has 3 N–H and O–H groups in total. The van der Waals surface area contributed by atoms with Gasteiger partial charge in [-0.05, 0) is 29.8 Å². The van der Waals surface area contributed by atoms with Gasteiger partial charge in [0.1, 0.15) is 12.4 Å². The second-order valence-corrected chi connectivity index (χ2v) is 6.86. The van der Waals surface area contributed by atoms with Crippen LogP contribution in [0.15, 0.2) is 64.4 Å². The van der Waals surface area contributed by atoms with Crippen LogP contribution in [0.25, 0.3) is 11.0 Å². The molecule has 0 radical (unpaired) electrons. The van der Waals surface area contributed by atoms with Crippen LogP contribution in [0.3, 0.4) is 0 Å². The summed E-state index contributed by atoms with van der Waals surface area (Å²) in [5, 5.41) is 5.02. The molecule has 0 spiro atoms. The van der Waals surface area contributed by atoms with Crippen LogP contribution in [0.1, 0.15) is 17.4 Å². The summed E-state index contributed by atoms with van der Waals surface area (Å²) in [7, 11) is 0. The van der Waals surface area contributed by atoms with Crippen LogP contribution in [0.2, 0.25) is 0 Å². The Hall–Kier alpha value is -3.39. The highest BCUT2D eigenvalue weighted by molar-refractivity contribution is 7.07. The van der Waals surface area contributed by atoms with Crippen LogP contribution >= 0.6 is 11.3 Å². The van der Waals surface area contributed by atoms with E-state index in [-0.39, 0.29) is 6.17 Å². The van der Waals surface area contributed by atoms with E-state index in [2.05, 4.69) is 24.8 Å². The predicted octanol–water partition coefficient (Wildman–Crippen LogP) is 3.36. The minimum atomic E-state index is -0.277. The molecule has 27 heavy (non-hydrogen) atoms. The van der Waals surface area contributed by atoms with E-state index in [4.69, 9.17) is 10.5 Å². The molecule has 0 bridgehead atoms. The Morgan fingerprint density at radius 3 is 2.81 bits per heavy atom. The van der Waals surface area contributed by atoms with Gasteiger partial charge in [-0.1, -0.05) is 24.3 Å². The number of benzene rings is 2. The maximum atomic E-state index is 5.99. The maximum absolute atomic E-state index is 5.99. The minimum Gasteiger partial charge on any atom is -0.487 e. The second kappa shape index (κ2) is 6.40. The first-order valence-corrected chi connectivity index (χ1v) is 9.39. The number of rotatable bonds is 4. The molecule has 4 aromatic rings. The number of hydrogen-bond donors (Lipinski definition) is 2. The third kappa shape index (κ3) is 2.89. The van der Waals surface area contributed by atoms with Crippen molar-refractivity contribution in [3.8, 4) is 5.75 Å². The Balaban J connectivity index is 1.46. The summed E-state index contributed by atoms with van der Waals surface area (Å²) in [5.74, 6) is 1.83. The zero-order valence-corrected chi connectivity index (χ0v) is 15.1. The zero-order valence-electron chi connectivity index (χ0n) is 14.2. The number of nitrogens with one attached hydrogen (secondary N) is 1. The monoisotopic (exact) mass is 376 g/mol. The summed E-state index contributed by atoms with van der Waals surface area (Å²) >= 11 is 1.56. The standard InChI is InChI=1S/C19H16N6OS/c20-18-23-17(25-16-4-2-1-3-15(16)22-19(25)24-18)12-5-7-14(8-6-12)26-9-13-10-27-11-21-13/h1-8,10-11,17H,9H2,(H3,20,22,23,24)/t17-/m1/s1. The molecular formula is C19H16N6OS. The summed E-state index contributed by atoms with van der Waals surface area (Å²) in [4.78, 5) is 13.4. The van der Waals surface area contributed by atoms with Crippen molar-refractivity contribution in [2.75, 3.05) is 5.32 Å². The number of fused-ring (bicyclic) bond motifs is 3. The SMILES string of the molecule is NC1=N[C@@H](c2ccc(OCc3cscn3)cc2)n2c(nc3ccccc32)N1. The second-order valence-electron chi connectivity index (χ2n) is 6.14. The van der Waals surface area contributed by atoms with Crippen molar-refractivity contribution in [2.24, 2.45) is 10.7 Å². The molecule has 134 valence electrons. The highest BCUT2D eigenvalue weighted by Crippen LogP contribution is 2.32. The number of hydrogen-bond acceptors (Lipinski definition) is 7. The number of aliphatic imine (C=N–C) groups is 1. The van der Waals surface area contributed by atoms with Gasteiger partial charge < -0.3 is 10.5 Å². The lowest BCUT2D eigenvalue weighted by Crippen LogP contribution is -2.31. The third-order valence-corrected chi connectivity index (χ3v) is 5.03. The third-order valence-electron chi connectivity index (χ3n) is 4.39. The van der Waals surface area contributed by atoms with Gasteiger partial charge in [0.15, 0.2) is 12.1 Å². The van der Waals surface area contributed by atoms with Gasteiger partial charge in [-0.15, -0.1) is 11.3 Å². The van der Waals surface area contributed by atoms with Crippen LogP contribution in [0.4, 0.5) is 5.95 Å². The van der Waals surface area contributed by atoms with Gasteiger partial charge in [-0.3, -0.25) is 9.88 Å². The molecule has 0 aliphatic carbocycles. The molecule has 7 nitrogen and oxygen atoms in total. The molecule has 0 fully saturated rings. The number of guanidine groups is 1. The Bertz CT molecular complexity index is 1120. The summed E-state index contributed by atoms with van der Waals surface area (Å²) < 4.78 is 7.84. The molecule has 1 aliphatic heterocycles. The first-order valence-electron chi connectivity index (χ1n) is 8.45. The van der Waals surface area contributed by atoms with E-state index < -0.39 is 0 Å².